The van der Waals surface area contributed by atoms with Gasteiger partial charge >= 0.3 is 10.1 Å². The molecule has 0 spiro atoms. The molecule has 0 radical (unpaired) electrons. The third kappa shape index (κ3) is 2.83. The average molecular weight is 365 g/mol. The molecular weight excluding hydrogens is 363 g/mol. The van der Waals surface area contributed by atoms with Crippen LogP contribution >= 0.6 is 22.9 Å². The van der Waals surface area contributed by atoms with Gasteiger partial charge in [0.1, 0.15) is 0 Å². The van der Waals surface area contributed by atoms with Crippen LogP contribution in [0.25, 0.3) is 0 Å². The zero-order chi connectivity index (χ0) is 15.9. The first-order chi connectivity index (χ1) is 9.65. The second-order valence-corrected chi connectivity index (χ2v) is 6.98. The summed E-state index contributed by atoms with van der Waals surface area (Å²) in [4.78, 5) is 0. The first-order valence-electron chi connectivity index (χ1n) is 4.86. The minimum Gasteiger partial charge on any atom is -0.372 e. The molecule has 11 heteroatoms. The summed E-state index contributed by atoms with van der Waals surface area (Å²) in [6.07, 6.45) is 0. The molecule has 0 saturated heterocycles. The van der Waals surface area contributed by atoms with E-state index in [1.807, 2.05) is 0 Å². The SMILES string of the molecule is O=S(=O)(Oc1c(F)c(F)c(F)c(F)c1F)c1ccc(Cl)s1. The molecule has 0 aliphatic carbocycles. The molecule has 2 aromatic rings. The van der Waals surface area contributed by atoms with Crippen molar-refractivity contribution < 1.29 is 34.6 Å². The molecule has 0 atom stereocenters. The normalized spacial score (nSPS) is 11.7. The third-order valence-electron chi connectivity index (χ3n) is 2.16. The first-order valence-corrected chi connectivity index (χ1v) is 7.46. The number of halogens is 6. The van der Waals surface area contributed by atoms with Crippen LogP contribution < -0.4 is 4.18 Å². The third-order valence-corrected chi connectivity index (χ3v) is 5.06. The summed E-state index contributed by atoms with van der Waals surface area (Å²) >= 11 is 5.97. The van der Waals surface area contributed by atoms with Crippen molar-refractivity contribution in [2.45, 2.75) is 4.21 Å². The van der Waals surface area contributed by atoms with Crippen LogP contribution in [0.2, 0.25) is 4.34 Å². The minimum absolute atomic E-state index is 0.0228. The van der Waals surface area contributed by atoms with Crippen molar-refractivity contribution in [3.05, 3.63) is 45.6 Å². The largest absolute Gasteiger partial charge is 0.372 e. The van der Waals surface area contributed by atoms with Crippen molar-refractivity contribution in [3.8, 4) is 5.75 Å². The Morgan fingerprint density at radius 2 is 1.38 bits per heavy atom. The van der Waals surface area contributed by atoms with Crippen LogP contribution in [0.5, 0.6) is 5.75 Å². The monoisotopic (exact) mass is 364 g/mol. The highest BCUT2D eigenvalue weighted by atomic mass is 35.5. The van der Waals surface area contributed by atoms with Gasteiger partial charge in [0.05, 0.1) is 4.34 Å². The summed E-state index contributed by atoms with van der Waals surface area (Å²) in [6, 6.07) is 2.11. The summed E-state index contributed by atoms with van der Waals surface area (Å²) in [6.45, 7) is 0. The molecule has 0 fully saturated rings. The molecule has 0 unspecified atom stereocenters. The zero-order valence-electron chi connectivity index (χ0n) is 9.46. The number of hydrogen-bond donors (Lipinski definition) is 0. The smallest absolute Gasteiger partial charge is 0.349 e. The van der Waals surface area contributed by atoms with E-state index in [0.717, 1.165) is 12.1 Å². The van der Waals surface area contributed by atoms with Crippen molar-refractivity contribution in [3.63, 3.8) is 0 Å². The second-order valence-electron chi connectivity index (χ2n) is 3.50. The molecule has 114 valence electrons. The summed E-state index contributed by atoms with van der Waals surface area (Å²) in [7, 11) is -4.79. The van der Waals surface area contributed by atoms with Gasteiger partial charge in [-0.2, -0.15) is 17.2 Å². The molecule has 0 bridgehead atoms. The predicted octanol–water partition coefficient (Wildman–Crippen LogP) is 3.86. The van der Waals surface area contributed by atoms with E-state index in [-0.39, 0.29) is 4.34 Å². The second kappa shape index (κ2) is 5.43. The Hall–Kier alpha value is -1.39. The van der Waals surface area contributed by atoms with E-state index in [0.29, 0.717) is 11.3 Å². The quantitative estimate of drug-likeness (QED) is 0.359. The van der Waals surface area contributed by atoms with Crippen LogP contribution in [0, 0.1) is 29.1 Å². The van der Waals surface area contributed by atoms with Gasteiger partial charge in [0, 0.05) is 0 Å². The van der Waals surface area contributed by atoms with Crippen molar-refractivity contribution in [2.24, 2.45) is 0 Å². The maximum Gasteiger partial charge on any atom is 0.349 e. The van der Waals surface area contributed by atoms with Crippen LogP contribution in [-0.4, -0.2) is 8.42 Å². The zero-order valence-corrected chi connectivity index (χ0v) is 11.9. The van der Waals surface area contributed by atoms with E-state index in [9.17, 15) is 30.4 Å². The molecule has 2 rings (SSSR count). The van der Waals surface area contributed by atoms with E-state index in [4.69, 9.17) is 11.6 Å². The Kier molecular flexibility index (Phi) is 4.13. The van der Waals surface area contributed by atoms with E-state index in [1.54, 1.807) is 0 Å². The number of benzene rings is 1. The van der Waals surface area contributed by atoms with Gasteiger partial charge in [0.2, 0.25) is 34.8 Å². The Bertz CT molecular complexity index is 789. The number of rotatable bonds is 3. The fraction of sp³-hybridized carbons (Fsp3) is 0. The first kappa shape index (κ1) is 16.0. The maximum absolute atomic E-state index is 13.3. The van der Waals surface area contributed by atoms with Crippen molar-refractivity contribution in [1.82, 2.24) is 0 Å². The lowest BCUT2D eigenvalue weighted by molar-refractivity contribution is 0.347. The van der Waals surface area contributed by atoms with Crippen LogP contribution in [0.15, 0.2) is 16.3 Å². The average Bonchev–Trinajstić information content (AvgIpc) is 2.87. The van der Waals surface area contributed by atoms with E-state index >= 15 is 0 Å². The highest BCUT2D eigenvalue weighted by molar-refractivity contribution is 7.89. The molecule has 0 saturated carbocycles. The van der Waals surface area contributed by atoms with Gasteiger partial charge in [0.25, 0.3) is 0 Å². The van der Waals surface area contributed by atoms with Crippen LogP contribution in [0.3, 0.4) is 0 Å². The molecule has 0 amide bonds. The molecule has 0 N–H and O–H groups in total. The van der Waals surface area contributed by atoms with E-state index in [1.165, 1.54) is 0 Å². The molecule has 1 aromatic heterocycles. The molecule has 0 aliphatic heterocycles. The molecule has 1 heterocycles. The number of thiophene rings is 1. The Balaban J connectivity index is 2.55. The van der Waals surface area contributed by atoms with Gasteiger partial charge in [-0.05, 0) is 12.1 Å². The van der Waals surface area contributed by atoms with E-state index in [2.05, 4.69) is 4.18 Å². The predicted molar refractivity (Wildman–Crippen MR) is 63.4 cm³/mol. The van der Waals surface area contributed by atoms with Crippen LogP contribution in [0.1, 0.15) is 0 Å². The van der Waals surface area contributed by atoms with Crippen molar-refractivity contribution in [2.75, 3.05) is 0 Å². The van der Waals surface area contributed by atoms with Gasteiger partial charge in [0.15, 0.2) is 4.21 Å². The van der Waals surface area contributed by atoms with Crippen molar-refractivity contribution >= 4 is 33.1 Å². The Labute approximate surface area is 123 Å². The lowest BCUT2D eigenvalue weighted by Gasteiger charge is -2.09. The molecular formula is C10H2ClF5O3S2. The lowest BCUT2D eigenvalue weighted by atomic mass is 10.3. The number of hydrogen-bond acceptors (Lipinski definition) is 4. The molecule has 1 aromatic carbocycles. The minimum atomic E-state index is -4.79. The van der Waals surface area contributed by atoms with Gasteiger partial charge < -0.3 is 4.18 Å². The lowest BCUT2D eigenvalue weighted by Crippen LogP contribution is -2.13. The topological polar surface area (TPSA) is 43.4 Å². The molecule has 0 aliphatic rings. The standard InChI is InChI=1S/C10H2ClF5O3S2/c11-3-1-2-4(20-3)21(17,18)19-10-8(15)6(13)5(12)7(14)9(10)16/h1-2H. The van der Waals surface area contributed by atoms with Gasteiger partial charge in [-0.15, -0.1) is 11.3 Å². The Morgan fingerprint density at radius 3 is 1.81 bits per heavy atom. The Morgan fingerprint density at radius 1 is 0.905 bits per heavy atom. The fourth-order valence-electron chi connectivity index (χ4n) is 1.24. The summed E-state index contributed by atoms with van der Waals surface area (Å²) in [5, 5.41) is 0. The van der Waals surface area contributed by atoms with Crippen molar-refractivity contribution in [1.29, 1.82) is 0 Å². The highest BCUT2D eigenvalue weighted by Crippen LogP contribution is 2.33. The highest BCUT2D eigenvalue weighted by Gasteiger charge is 2.31. The summed E-state index contributed by atoms with van der Waals surface area (Å²) < 4.78 is 92.2. The maximum atomic E-state index is 13.3. The van der Waals surface area contributed by atoms with Gasteiger partial charge in [-0.3, -0.25) is 0 Å². The van der Waals surface area contributed by atoms with E-state index < -0.39 is 49.2 Å². The molecule has 21 heavy (non-hydrogen) atoms. The summed E-state index contributed by atoms with van der Waals surface area (Å²) in [5.74, 6) is -13.7. The van der Waals surface area contributed by atoms with Gasteiger partial charge in [-0.1, -0.05) is 11.6 Å². The molecule has 3 nitrogen and oxygen atoms in total. The fourth-order valence-corrected chi connectivity index (χ4v) is 3.62. The van der Waals surface area contributed by atoms with Crippen LogP contribution in [-0.2, 0) is 10.1 Å². The van der Waals surface area contributed by atoms with Gasteiger partial charge in [-0.25, -0.2) is 13.2 Å². The summed E-state index contributed by atoms with van der Waals surface area (Å²) in [5.41, 5.74) is 0. The van der Waals surface area contributed by atoms with Crippen LogP contribution in [0.4, 0.5) is 22.0 Å².